The largest absolute Gasteiger partial charge is 0.491 e. The molecule has 3 aromatic carbocycles. The Morgan fingerprint density at radius 1 is 0.600 bits per heavy atom. The maximum Gasteiger partial charge on any atom is 0.166 e. The molecule has 25 heavy (non-hydrogen) atoms. The van der Waals surface area contributed by atoms with Crippen molar-refractivity contribution in [3.05, 3.63) is 83.9 Å². The summed E-state index contributed by atoms with van der Waals surface area (Å²) in [4.78, 5) is 3.99. The van der Waals surface area contributed by atoms with E-state index < -0.39 is 0 Å². The van der Waals surface area contributed by atoms with Crippen LogP contribution >= 0.6 is 0 Å². The average Bonchev–Trinajstić information content (AvgIpc) is 2.59. The van der Waals surface area contributed by atoms with Crippen LogP contribution in [0.1, 0.15) is 25.0 Å². The second-order valence-electron chi connectivity index (χ2n) is 6.57. The molecule has 1 nitrogen and oxygen atoms in total. The third-order valence-electron chi connectivity index (χ3n) is 3.94. The van der Waals surface area contributed by atoms with E-state index >= 15 is 0 Å². The van der Waals surface area contributed by atoms with Gasteiger partial charge in [-0.1, -0.05) is 35.4 Å². The molecule has 0 aliphatic heterocycles. The van der Waals surface area contributed by atoms with Crippen molar-refractivity contribution in [1.82, 2.24) is 0 Å². The van der Waals surface area contributed by atoms with E-state index in [0.29, 0.717) is 0 Å². The van der Waals surface area contributed by atoms with E-state index in [1.807, 2.05) is 0 Å². The van der Waals surface area contributed by atoms with Crippen LogP contribution in [0.3, 0.4) is 0 Å². The van der Waals surface area contributed by atoms with Crippen molar-refractivity contribution < 1.29 is 4.74 Å². The Hall–Kier alpha value is -2.19. The third kappa shape index (κ3) is 4.46. The minimum absolute atomic E-state index is 0.108. The standard InChI is InChI=1S/C23H25OS/c1-17(2)24-20-9-15-23(16-10-20)25(21-11-5-18(3)6-12-21)22-13-7-19(4)8-14-22/h5-17H,1-4H3/q+1. The second kappa shape index (κ2) is 7.79. The van der Waals surface area contributed by atoms with Crippen LogP contribution in [0.5, 0.6) is 5.75 Å². The van der Waals surface area contributed by atoms with Crippen molar-refractivity contribution in [3.63, 3.8) is 0 Å². The zero-order valence-electron chi connectivity index (χ0n) is 15.3. The van der Waals surface area contributed by atoms with E-state index in [4.69, 9.17) is 4.74 Å². The van der Waals surface area contributed by atoms with E-state index in [9.17, 15) is 0 Å². The summed E-state index contributed by atoms with van der Waals surface area (Å²) in [6, 6.07) is 26.3. The second-order valence-corrected chi connectivity index (χ2v) is 8.60. The fourth-order valence-electron chi connectivity index (χ4n) is 2.68. The first-order valence-corrected chi connectivity index (χ1v) is 9.90. The predicted molar refractivity (Wildman–Crippen MR) is 107 cm³/mol. The number of aryl methyl sites for hydroxylation is 2. The van der Waals surface area contributed by atoms with E-state index in [-0.39, 0.29) is 17.0 Å². The highest BCUT2D eigenvalue weighted by molar-refractivity contribution is 7.97. The quantitative estimate of drug-likeness (QED) is 0.499. The lowest BCUT2D eigenvalue weighted by molar-refractivity contribution is 0.242. The molecular weight excluding hydrogens is 324 g/mol. The number of rotatable bonds is 5. The highest BCUT2D eigenvalue weighted by Crippen LogP contribution is 2.32. The van der Waals surface area contributed by atoms with E-state index in [2.05, 4.69) is 100 Å². The van der Waals surface area contributed by atoms with Crippen LogP contribution in [-0.4, -0.2) is 6.10 Å². The third-order valence-corrected chi connectivity index (χ3v) is 6.18. The number of ether oxygens (including phenoxy) is 1. The maximum absolute atomic E-state index is 5.79. The number of benzene rings is 3. The summed E-state index contributed by atoms with van der Waals surface area (Å²) in [6.07, 6.45) is 0.193. The normalized spacial score (nSPS) is 11.1. The van der Waals surface area contributed by atoms with Gasteiger partial charge in [-0.15, -0.1) is 0 Å². The molecule has 0 unspecified atom stereocenters. The van der Waals surface area contributed by atoms with Crippen molar-refractivity contribution in [2.75, 3.05) is 0 Å². The van der Waals surface area contributed by atoms with Gasteiger partial charge in [0.1, 0.15) is 5.75 Å². The van der Waals surface area contributed by atoms with Gasteiger partial charge in [-0.2, -0.15) is 0 Å². The summed E-state index contributed by atoms with van der Waals surface area (Å²) in [5, 5.41) is 0. The monoisotopic (exact) mass is 349 g/mol. The van der Waals surface area contributed by atoms with Crippen LogP contribution < -0.4 is 4.74 Å². The van der Waals surface area contributed by atoms with Gasteiger partial charge in [0, 0.05) is 0 Å². The molecule has 0 amide bonds. The Kier molecular flexibility index (Phi) is 5.50. The fourth-order valence-corrected chi connectivity index (χ4v) is 4.72. The van der Waals surface area contributed by atoms with Gasteiger partial charge < -0.3 is 4.74 Å². The van der Waals surface area contributed by atoms with E-state index in [1.165, 1.54) is 25.8 Å². The Bertz CT molecular complexity index is 757. The Balaban J connectivity index is 2.01. The van der Waals surface area contributed by atoms with Crippen LogP contribution in [0.4, 0.5) is 0 Å². The first kappa shape index (κ1) is 17.6. The Morgan fingerprint density at radius 3 is 1.32 bits per heavy atom. The van der Waals surface area contributed by atoms with Gasteiger partial charge in [0.2, 0.25) is 0 Å². The molecule has 3 rings (SSSR count). The molecule has 0 radical (unpaired) electrons. The van der Waals surface area contributed by atoms with Crippen LogP contribution in [0.15, 0.2) is 87.5 Å². The number of hydrogen-bond acceptors (Lipinski definition) is 1. The molecule has 0 aliphatic carbocycles. The van der Waals surface area contributed by atoms with Crippen molar-refractivity contribution >= 4 is 10.9 Å². The average molecular weight is 350 g/mol. The summed E-state index contributed by atoms with van der Waals surface area (Å²) in [5.74, 6) is 0.926. The Morgan fingerprint density at radius 2 is 0.960 bits per heavy atom. The minimum atomic E-state index is -0.108. The topological polar surface area (TPSA) is 9.23 Å². The summed E-state index contributed by atoms with van der Waals surface area (Å²) in [5.41, 5.74) is 2.58. The van der Waals surface area contributed by atoms with Crippen LogP contribution in [-0.2, 0) is 10.9 Å². The maximum atomic E-state index is 5.79. The minimum Gasteiger partial charge on any atom is -0.491 e. The molecule has 3 aromatic rings. The fraction of sp³-hybridized carbons (Fsp3) is 0.217. The zero-order valence-corrected chi connectivity index (χ0v) is 16.1. The zero-order chi connectivity index (χ0) is 17.8. The molecule has 0 bridgehead atoms. The molecule has 0 aromatic heterocycles. The van der Waals surface area contributed by atoms with Gasteiger partial charge in [-0.3, -0.25) is 0 Å². The first-order valence-electron chi connectivity index (χ1n) is 8.67. The first-order chi connectivity index (χ1) is 12.0. The lowest BCUT2D eigenvalue weighted by atomic mass is 10.2. The van der Waals surface area contributed by atoms with E-state index in [0.717, 1.165) is 5.75 Å². The van der Waals surface area contributed by atoms with Gasteiger partial charge >= 0.3 is 0 Å². The highest BCUT2D eigenvalue weighted by atomic mass is 32.2. The van der Waals surface area contributed by atoms with Crippen molar-refractivity contribution in [3.8, 4) is 5.75 Å². The summed E-state index contributed by atoms with van der Waals surface area (Å²) < 4.78 is 5.79. The van der Waals surface area contributed by atoms with Gasteiger partial charge in [0.05, 0.1) is 17.0 Å². The Labute approximate surface area is 154 Å². The molecule has 128 valence electrons. The molecule has 2 heteroatoms. The molecule has 0 N–H and O–H groups in total. The summed E-state index contributed by atoms with van der Waals surface area (Å²) >= 11 is 0. The van der Waals surface area contributed by atoms with E-state index in [1.54, 1.807) is 0 Å². The smallest absolute Gasteiger partial charge is 0.166 e. The molecule has 0 saturated heterocycles. The highest BCUT2D eigenvalue weighted by Gasteiger charge is 2.28. The molecule has 0 fully saturated rings. The van der Waals surface area contributed by atoms with Crippen LogP contribution in [0.25, 0.3) is 0 Å². The van der Waals surface area contributed by atoms with Gasteiger partial charge in [-0.05, 0) is 76.2 Å². The molecule has 0 saturated carbocycles. The molecule has 0 atom stereocenters. The molecule has 0 heterocycles. The predicted octanol–water partition coefficient (Wildman–Crippen LogP) is 6.19. The van der Waals surface area contributed by atoms with Crippen molar-refractivity contribution in [2.45, 2.75) is 48.5 Å². The molecule has 0 spiro atoms. The van der Waals surface area contributed by atoms with Gasteiger partial charge in [0.25, 0.3) is 0 Å². The summed E-state index contributed by atoms with van der Waals surface area (Å²) in [6.45, 7) is 8.37. The lowest BCUT2D eigenvalue weighted by Gasteiger charge is -2.11. The van der Waals surface area contributed by atoms with Gasteiger partial charge in [-0.25, -0.2) is 0 Å². The molecule has 0 aliphatic rings. The van der Waals surface area contributed by atoms with Crippen molar-refractivity contribution in [1.29, 1.82) is 0 Å². The van der Waals surface area contributed by atoms with Crippen molar-refractivity contribution in [2.24, 2.45) is 0 Å². The van der Waals surface area contributed by atoms with Crippen LogP contribution in [0, 0.1) is 13.8 Å². The van der Waals surface area contributed by atoms with Crippen LogP contribution in [0.2, 0.25) is 0 Å². The number of hydrogen-bond donors (Lipinski definition) is 0. The lowest BCUT2D eigenvalue weighted by Crippen LogP contribution is -2.07. The molecular formula is C23H25OS+. The summed E-state index contributed by atoms with van der Waals surface area (Å²) in [7, 11) is -0.108. The SMILES string of the molecule is Cc1ccc([S+](c2ccc(C)cc2)c2ccc(OC(C)C)cc2)cc1. The van der Waals surface area contributed by atoms with Gasteiger partial charge in [0.15, 0.2) is 14.7 Å².